The summed E-state index contributed by atoms with van der Waals surface area (Å²) < 4.78 is 7.04. The summed E-state index contributed by atoms with van der Waals surface area (Å²) in [6.45, 7) is -0.566. The molecule has 5 N–H and O–H groups in total. The van der Waals surface area contributed by atoms with E-state index in [2.05, 4.69) is 20.3 Å². The minimum atomic E-state index is -1.24. The van der Waals surface area contributed by atoms with Crippen LogP contribution in [-0.4, -0.2) is 71.5 Å². The quantitative estimate of drug-likeness (QED) is 0.381. The maximum Gasteiger partial charge on any atom is 0.167 e. The zero-order valence-electron chi connectivity index (χ0n) is 14.8. The van der Waals surface area contributed by atoms with Crippen LogP contribution in [0, 0.1) is 0 Å². The Morgan fingerprint density at radius 3 is 2.54 bits per heavy atom. The first kappa shape index (κ1) is 18.7. The topological polar surface area (TPSA) is 146 Å². The van der Waals surface area contributed by atoms with Gasteiger partial charge in [0, 0.05) is 0 Å². The lowest BCUT2D eigenvalue weighted by Gasteiger charge is -2.18. The normalized spacial score (nSPS) is 25.9. The van der Waals surface area contributed by atoms with E-state index >= 15 is 0 Å². The van der Waals surface area contributed by atoms with Crippen molar-refractivity contribution in [2.45, 2.75) is 30.6 Å². The van der Waals surface area contributed by atoms with Crippen molar-refractivity contribution in [1.82, 2.24) is 19.5 Å². The van der Waals surface area contributed by atoms with Gasteiger partial charge in [0.2, 0.25) is 0 Å². The van der Waals surface area contributed by atoms with Crippen molar-refractivity contribution in [2.24, 2.45) is 0 Å². The second-order valence-electron chi connectivity index (χ2n) is 6.57. The van der Waals surface area contributed by atoms with Gasteiger partial charge in [0.05, 0.1) is 25.6 Å². The molecule has 28 heavy (non-hydrogen) atoms. The molecule has 1 unspecified atom stereocenters. The molecule has 0 amide bonds. The van der Waals surface area contributed by atoms with Crippen LogP contribution in [0.2, 0.25) is 0 Å². The van der Waals surface area contributed by atoms with Crippen molar-refractivity contribution in [3.8, 4) is 0 Å². The van der Waals surface area contributed by atoms with Gasteiger partial charge < -0.3 is 30.5 Å². The first-order chi connectivity index (χ1) is 13.6. The fourth-order valence-electron chi connectivity index (χ4n) is 3.34. The van der Waals surface area contributed by atoms with Gasteiger partial charge >= 0.3 is 0 Å². The Hall–Kier alpha value is -2.63. The second-order valence-corrected chi connectivity index (χ2v) is 6.57. The van der Waals surface area contributed by atoms with Crippen molar-refractivity contribution in [3.05, 3.63) is 48.5 Å². The van der Waals surface area contributed by atoms with E-state index in [1.165, 1.54) is 17.2 Å². The highest BCUT2D eigenvalue weighted by Crippen LogP contribution is 2.32. The lowest BCUT2D eigenvalue weighted by molar-refractivity contribution is -0.0511. The molecule has 2 aromatic heterocycles. The van der Waals surface area contributed by atoms with Gasteiger partial charge in [-0.2, -0.15) is 0 Å². The number of nitrogens with one attached hydrogen (secondary N) is 1. The van der Waals surface area contributed by atoms with E-state index in [-0.39, 0.29) is 6.61 Å². The van der Waals surface area contributed by atoms with Crippen LogP contribution in [0.1, 0.15) is 17.8 Å². The van der Waals surface area contributed by atoms with Gasteiger partial charge in [-0.3, -0.25) is 4.57 Å². The predicted octanol–water partition coefficient (Wildman–Crippen LogP) is -0.417. The summed E-state index contributed by atoms with van der Waals surface area (Å²) in [6.07, 6.45) is -1.53. The first-order valence-electron chi connectivity index (χ1n) is 8.86. The minimum absolute atomic E-state index is 0.148. The van der Waals surface area contributed by atoms with Gasteiger partial charge in [-0.25, -0.2) is 15.0 Å². The van der Waals surface area contributed by atoms with E-state index in [1.54, 1.807) is 0 Å². The predicted molar refractivity (Wildman–Crippen MR) is 98.2 cm³/mol. The Morgan fingerprint density at radius 1 is 1.07 bits per heavy atom. The van der Waals surface area contributed by atoms with Gasteiger partial charge in [0.25, 0.3) is 0 Å². The minimum Gasteiger partial charge on any atom is -0.394 e. The highest BCUT2D eigenvalue weighted by molar-refractivity contribution is 5.83. The molecule has 148 valence electrons. The number of imidazole rings is 1. The summed E-state index contributed by atoms with van der Waals surface area (Å²) in [7, 11) is 0. The van der Waals surface area contributed by atoms with E-state index in [0.29, 0.717) is 17.0 Å². The van der Waals surface area contributed by atoms with Crippen molar-refractivity contribution >= 4 is 17.0 Å². The van der Waals surface area contributed by atoms with Crippen LogP contribution < -0.4 is 5.32 Å². The fraction of sp³-hybridized carbons (Fsp3) is 0.389. The molecule has 5 atom stereocenters. The summed E-state index contributed by atoms with van der Waals surface area (Å²) in [6, 6.07) is 9.05. The molecule has 1 saturated heterocycles. The first-order valence-corrected chi connectivity index (χ1v) is 8.86. The molecule has 0 spiro atoms. The molecule has 1 aromatic carbocycles. The number of hydrogen-bond donors (Lipinski definition) is 5. The van der Waals surface area contributed by atoms with E-state index < -0.39 is 37.2 Å². The number of hydrogen-bond acceptors (Lipinski definition) is 9. The molecule has 3 aromatic rings. The third-order valence-corrected chi connectivity index (χ3v) is 4.85. The number of fused-ring (bicyclic) bond motifs is 1. The average molecular weight is 387 g/mol. The number of rotatable bonds is 6. The number of anilines is 1. The SMILES string of the molecule is OCC(Nc1ncnc2c1ncn2[C@@H]1O[C@H](CO)[C@@H](O)[C@H]1O)c1ccccc1. The highest BCUT2D eigenvalue weighted by atomic mass is 16.6. The van der Waals surface area contributed by atoms with Crippen molar-refractivity contribution in [2.75, 3.05) is 18.5 Å². The highest BCUT2D eigenvalue weighted by Gasteiger charge is 2.44. The van der Waals surface area contributed by atoms with E-state index in [0.717, 1.165) is 5.56 Å². The van der Waals surface area contributed by atoms with Gasteiger partial charge in [-0.1, -0.05) is 30.3 Å². The zero-order chi connectivity index (χ0) is 19.7. The van der Waals surface area contributed by atoms with E-state index in [1.807, 2.05) is 30.3 Å². The number of aromatic nitrogens is 4. The summed E-state index contributed by atoms with van der Waals surface area (Å²) in [5, 5.41) is 42.5. The number of aliphatic hydroxyl groups excluding tert-OH is 4. The van der Waals surface area contributed by atoms with Crippen LogP contribution in [0.5, 0.6) is 0 Å². The van der Waals surface area contributed by atoms with Crippen LogP contribution in [0.25, 0.3) is 11.2 Å². The summed E-state index contributed by atoms with van der Waals surface area (Å²) in [5.41, 5.74) is 1.70. The van der Waals surface area contributed by atoms with E-state index in [9.17, 15) is 20.4 Å². The molecule has 0 bridgehead atoms. The lowest BCUT2D eigenvalue weighted by Crippen LogP contribution is -2.33. The van der Waals surface area contributed by atoms with Crippen molar-refractivity contribution < 1.29 is 25.2 Å². The fourth-order valence-corrected chi connectivity index (χ4v) is 3.34. The summed E-state index contributed by atoms with van der Waals surface area (Å²) >= 11 is 0. The molecule has 0 aliphatic carbocycles. The molecule has 1 aliphatic rings. The molecular formula is C18H21N5O5. The van der Waals surface area contributed by atoms with Crippen LogP contribution in [-0.2, 0) is 4.74 Å². The number of ether oxygens (including phenoxy) is 1. The maximum atomic E-state index is 10.3. The van der Waals surface area contributed by atoms with Crippen LogP contribution in [0.15, 0.2) is 43.0 Å². The Balaban J connectivity index is 1.66. The molecule has 0 saturated carbocycles. The third-order valence-electron chi connectivity index (χ3n) is 4.85. The molecule has 3 heterocycles. The summed E-state index contributed by atoms with van der Waals surface area (Å²) in [4.78, 5) is 12.8. The third kappa shape index (κ3) is 3.21. The van der Waals surface area contributed by atoms with Crippen LogP contribution >= 0.6 is 0 Å². The molecule has 10 heteroatoms. The van der Waals surface area contributed by atoms with Crippen LogP contribution in [0.4, 0.5) is 5.82 Å². The Kier molecular flexibility index (Phi) is 5.20. The number of nitrogens with zero attached hydrogens (tertiary/aromatic N) is 4. The average Bonchev–Trinajstić information content (AvgIpc) is 3.28. The monoisotopic (exact) mass is 387 g/mol. The zero-order valence-corrected chi connectivity index (χ0v) is 14.8. The Bertz CT molecular complexity index is 937. The van der Waals surface area contributed by atoms with Gasteiger partial charge in [0.1, 0.15) is 24.6 Å². The molecular weight excluding hydrogens is 366 g/mol. The number of benzene rings is 1. The van der Waals surface area contributed by atoms with Crippen LogP contribution in [0.3, 0.4) is 0 Å². The van der Waals surface area contributed by atoms with E-state index in [4.69, 9.17) is 4.74 Å². The molecule has 0 radical (unpaired) electrons. The second kappa shape index (κ2) is 7.78. The maximum absolute atomic E-state index is 10.3. The van der Waals surface area contributed by atoms with Gasteiger partial charge in [-0.15, -0.1) is 0 Å². The van der Waals surface area contributed by atoms with Gasteiger partial charge in [0.15, 0.2) is 23.2 Å². The van der Waals surface area contributed by atoms with Gasteiger partial charge in [-0.05, 0) is 5.56 Å². The van der Waals surface area contributed by atoms with Crippen molar-refractivity contribution in [3.63, 3.8) is 0 Å². The molecule has 10 nitrogen and oxygen atoms in total. The smallest absolute Gasteiger partial charge is 0.167 e. The molecule has 1 aliphatic heterocycles. The lowest BCUT2D eigenvalue weighted by atomic mass is 10.1. The Labute approximate surface area is 160 Å². The molecule has 4 rings (SSSR count). The Morgan fingerprint density at radius 2 is 1.86 bits per heavy atom. The van der Waals surface area contributed by atoms with Crippen molar-refractivity contribution in [1.29, 1.82) is 0 Å². The summed E-state index contributed by atoms with van der Waals surface area (Å²) in [5.74, 6) is 0.415. The standard InChI is InChI=1S/C18H21N5O5/c24-6-11(10-4-2-1-3-5-10)22-16-13-17(20-8-19-16)23(9-21-13)18-15(27)14(26)12(7-25)28-18/h1-5,8-9,11-12,14-15,18,24-27H,6-7H2,(H,19,20,22)/t11?,12-,14-,15-,18-/m1/s1. The number of aliphatic hydroxyl groups is 4. The molecule has 1 fully saturated rings. The largest absolute Gasteiger partial charge is 0.394 e.